The molecule has 1 atom stereocenters. The standard InChI is InChI=1S/C14H30N4O2/c1-4-17-6-8-18(9-7-17)12-13(2)11-16-14(19)15-5-10-20-3/h13H,4-12H2,1-3H3,(H2,15,16,19). The highest BCUT2D eigenvalue weighted by molar-refractivity contribution is 5.73. The molecule has 2 amide bonds. The van der Waals surface area contributed by atoms with Crippen LogP contribution in [0.3, 0.4) is 0 Å². The van der Waals surface area contributed by atoms with Crippen molar-refractivity contribution < 1.29 is 9.53 Å². The number of hydrogen-bond acceptors (Lipinski definition) is 4. The van der Waals surface area contributed by atoms with Gasteiger partial charge in [-0.15, -0.1) is 0 Å². The van der Waals surface area contributed by atoms with Gasteiger partial charge in [0.15, 0.2) is 0 Å². The minimum Gasteiger partial charge on any atom is -0.383 e. The first-order chi connectivity index (χ1) is 9.65. The molecule has 0 radical (unpaired) electrons. The second kappa shape index (κ2) is 9.96. The fourth-order valence-corrected chi connectivity index (χ4v) is 2.39. The van der Waals surface area contributed by atoms with Gasteiger partial charge in [0.2, 0.25) is 0 Å². The van der Waals surface area contributed by atoms with Gasteiger partial charge >= 0.3 is 6.03 Å². The topological polar surface area (TPSA) is 56.8 Å². The zero-order chi connectivity index (χ0) is 14.8. The van der Waals surface area contributed by atoms with E-state index in [1.807, 2.05) is 0 Å². The predicted octanol–water partition coefficient (Wildman–Crippen LogP) is 0.206. The Morgan fingerprint density at radius 3 is 2.45 bits per heavy atom. The molecule has 1 aliphatic rings. The maximum atomic E-state index is 11.5. The van der Waals surface area contributed by atoms with Crippen molar-refractivity contribution in [2.24, 2.45) is 5.92 Å². The van der Waals surface area contributed by atoms with Crippen LogP contribution in [0.1, 0.15) is 13.8 Å². The van der Waals surface area contributed by atoms with E-state index in [-0.39, 0.29) is 6.03 Å². The van der Waals surface area contributed by atoms with E-state index in [0.29, 0.717) is 25.6 Å². The summed E-state index contributed by atoms with van der Waals surface area (Å²) in [4.78, 5) is 16.5. The molecule has 1 heterocycles. The van der Waals surface area contributed by atoms with Crippen molar-refractivity contribution in [1.29, 1.82) is 0 Å². The Morgan fingerprint density at radius 2 is 1.85 bits per heavy atom. The molecule has 20 heavy (non-hydrogen) atoms. The number of amides is 2. The summed E-state index contributed by atoms with van der Waals surface area (Å²) in [5, 5.41) is 5.67. The number of carbonyl (C=O) groups is 1. The Labute approximate surface area is 122 Å². The molecule has 0 aromatic carbocycles. The number of ether oxygens (including phenoxy) is 1. The quantitative estimate of drug-likeness (QED) is 0.626. The molecule has 6 heteroatoms. The minimum atomic E-state index is -0.107. The number of nitrogens with one attached hydrogen (secondary N) is 2. The van der Waals surface area contributed by atoms with Gasteiger partial charge in [0.25, 0.3) is 0 Å². The Balaban J connectivity index is 2.08. The third-order valence-corrected chi connectivity index (χ3v) is 3.68. The zero-order valence-corrected chi connectivity index (χ0v) is 13.2. The Hall–Kier alpha value is -0.850. The third kappa shape index (κ3) is 7.07. The molecule has 0 aromatic heterocycles. The number of carbonyl (C=O) groups excluding carboxylic acids is 1. The molecule has 1 rings (SSSR count). The lowest BCUT2D eigenvalue weighted by Gasteiger charge is -2.35. The highest BCUT2D eigenvalue weighted by Crippen LogP contribution is 2.04. The number of likely N-dealkylation sites (N-methyl/N-ethyl adjacent to an activating group) is 1. The largest absolute Gasteiger partial charge is 0.383 e. The Morgan fingerprint density at radius 1 is 1.20 bits per heavy atom. The van der Waals surface area contributed by atoms with E-state index in [1.54, 1.807) is 7.11 Å². The summed E-state index contributed by atoms with van der Waals surface area (Å²) in [5.74, 6) is 0.469. The highest BCUT2D eigenvalue weighted by Gasteiger charge is 2.17. The van der Waals surface area contributed by atoms with Crippen LogP contribution in [0.2, 0.25) is 0 Å². The lowest BCUT2D eigenvalue weighted by molar-refractivity contribution is 0.124. The van der Waals surface area contributed by atoms with Gasteiger partial charge in [0, 0.05) is 52.9 Å². The molecule has 1 fully saturated rings. The van der Waals surface area contributed by atoms with Crippen LogP contribution >= 0.6 is 0 Å². The molecule has 0 aliphatic carbocycles. The number of rotatable bonds is 8. The van der Waals surface area contributed by atoms with Crippen LogP contribution in [0.5, 0.6) is 0 Å². The van der Waals surface area contributed by atoms with Gasteiger partial charge in [-0.3, -0.25) is 0 Å². The van der Waals surface area contributed by atoms with Gasteiger partial charge in [-0.1, -0.05) is 13.8 Å². The first-order valence-corrected chi connectivity index (χ1v) is 7.61. The van der Waals surface area contributed by atoms with Crippen LogP contribution in [0.15, 0.2) is 0 Å². The van der Waals surface area contributed by atoms with Gasteiger partial charge in [-0.2, -0.15) is 0 Å². The maximum Gasteiger partial charge on any atom is 0.314 e. The molecule has 0 aromatic rings. The number of hydrogen-bond donors (Lipinski definition) is 2. The summed E-state index contributed by atoms with van der Waals surface area (Å²) in [6, 6.07) is -0.107. The summed E-state index contributed by atoms with van der Waals surface area (Å²) < 4.78 is 4.88. The normalized spacial score (nSPS) is 18.8. The third-order valence-electron chi connectivity index (χ3n) is 3.68. The number of nitrogens with zero attached hydrogens (tertiary/aromatic N) is 2. The molecule has 1 aliphatic heterocycles. The van der Waals surface area contributed by atoms with E-state index in [1.165, 1.54) is 0 Å². The van der Waals surface area contributed by atoms with Gasteiger partial charge in [-0.05, 0) is 12.5 Å². The first-order valence-electron chi connectivity index (χ1n) is 7.61. The van der Waals surface area contributed by atoms with Crippen molar-refractivity contribution in [2.45, 2.75) is 13.8 Å². The average molecular weight is 286 g/mol. The van der Waals surface area contributed by atoms with E-state index in [2.05, 4.69) is 34.3 Å². The lowest BCUT2D eigenvalue weighted by Crippen LogP contribution is -2.48. The van der Waals surface area contributed by atoms with Gasteiger partial charge in [0.05, 0.1) is 6.61 Å². The van der Waals surface area contributed by atoms with E-state index in [9.17, 15) is 4.79 Å². The molecular weight excluding hydrogens is 256 g/mol. The molecule has 1 saturated heterocycles. The van der Waals surface area contributed by atoms with Crippen LogP contribution in [0, 0.1) is 5.92 Å². The molecule has 0 saturated carbocycles. The van der Waals surface area contributed by atoms with Gasteiger partial charge in [0.1, 0.15) is 0 Å². The maximum absolute atomic E-state index is 11.5. The van der Waals surface area contributed by atoms with Crippen molar-refractivity contribution in [3.8, 4) is 0 Å². The summed E-state index contributed by atoms with van der Waals surface area (Å²) in [7, 11) is 1.62. The van der Waals surface area contributed by atoms with Crippen molar-refractivity contribution >= 4 is 6.03 Å². The van der Waals surface area contributed by atoms with Crippen LogP contribution in [0.25, 0.3) is 0 Å². The van der Waals surface area contributed by atoms with E-state index in [4.69, 9.17) is 4.74 Å². The molecule has 0 bridgehead atoms. The summed E-state index contributed by atoms with van der Waals surface area (Å²) in [5.41, 5.74) is 0. The predicted molar refractivity (Wildman–Crippen MR) is 81.0 cm³/mol. The molecular formula is C14H30N4O2. The smallest absolute Gasteiger partial charge is 0.314 e. The summed E-state index contributed by atoms with van der Waals surface area (Å²) in [6.07, 6.45) is 0. The van der Waals surface area contributed by atoms with Gasteiger partial charge in [-0.25, -0.2) is 4.79 Å². The fraction of sp³-hybridized carbons (Fsp3) is 0.929. The molecule has 0 spiro atoms. The molecule has 1 unspecified atom stereocenters. The van der Waals surface area contributed by atoms with Gasteiger partial charge < -0.3 is 25.2 Å². The summed E-state index contributed by atoms with van der Waals surface area (Å²) in [6.45, 7) is 13.0. The van der Waals surface area contributed by atoms with Crippen LogP contribution in [-0.4, -0.2) is 81.9 Å². The average Bonchev–Trinajstić information content (AvgIpc) is 2.46. The summed E-state index contributed by atoms with van der Waals surface area (Å²) >= 11 is 0. The Kier molecular flexibility index (Phi) is 8.57. The first kappa shape index (κ1) is 17.2. The number of piperazine rings is 1. The van der Waals surface area contributed by atoms with E-state index >= 15 is 0 Å². The number of urea groups is 1. The second-order valence-electron chi connectivity index (χ2n) is 5.47. The second-order valence-corrected chi connectivity index (χ2v) is 5.47. The van der Waals surface area contributed by atoms with E-state index in [0.717, 1.165) is 39.3 Å². The van der Waals surface area contributed by atoms with Crippen molar-refractivity contribution in [3.05, 3.63) is 0 Å². The Bertz CT molecular complexity index is 268. The van der Waals surface area contributed by atoms with Crippen molar-refractivity contribution in [1.82, 2.24) is 20.4 Å². The minimum absolute atomic E-state index is 0.107. The SMILES string of the molecule is CCN1CCN(CC(C)CNC(=O)NCCOC)CC1. The van der Waals surface area contributed by atoms with Crippen molar-refractivity contribution in [3.63, 3.8) is 0 Å². The lowest BCUT2D eigenvalue weighted by atomic mass is 10.1. The fourth-order valence-electron chi connectivity index (χ4n) is 2.39. The van der Waals surface area contributed by atoms with Crippen LogP contribution < -0.4 is 10.6 Å². The molecule has 2 N–H and O–H groups in total. The monoisotopic (exact) mass is 286 g/mol. The van der Waals surface area contributed by atoms with Crippen LogP contribution in [-0.2, 0) is 4.74 Å². The number of methoxy groups -OCH3 is 1. The molecule has 118 valence electrons. The van der Waals surface area contributed by atoms with E-state index < -0.39 is 0 Å². The highest BCUT2D eigenvalue weighted by atomic mass is 16.5. The van der Waals surface area contributed by atoms with Crippen molar-refractivity contribution in [2.75, 3.05) is 66.1 Å². The zero-order valence-electron chi connectivity index (χ0n) is 13.2. The van der Waals surface area contributed by atoms with Crippen LogP contribution in [0.4, 0.5) is 4.79 Å². The molecule has 6 nitrogen and oxygen atoms in total.